The maximum atomic E-state index is 5.30. The molecule has 0 bridgehead atoms. The molecule has 0 saturated carbocycles. The van der Waals surface area contributed by atoms with Crippen LogP contribution in [-0.4, -0.2) is 11.3 Å². The van der Waals surface area contributed by atoms with Crippen LogP contribution in [-0.2, 0) is 4.84 Å². The molecule has 0 atom stereocenters. The van der Waals surface area contributed by atoms with Crippen molar-refractivity contribution in [2.45, 2.75) is 46.1 Å². The van der Waals surface area contributed by atoms with Crippen molar-refractivity contribution >= 4 is 5.71 Å². The summed E-state index contributed by atoms with van der Waals surface area (Å²) in [6.07, 6.45) is 4.26. The van der Waals surface area contributed by atoms with Crippen molar-refractivity contribution in [1.29, 1.82) is 0 Å². The van der Waals surface area contributed by atoms with Crippen molar-refractivity contribution < 1.29 is 4.84 Å². The van der Waals surface area contributed by atoms with E-state index in [0.717, 1.165) is 18.6 Å². The lowest BCUT2D eigenvalue weighted by atomic mass is 10.2. The minimum Gasteiger partial charge on any atom is -0.390 e. The molecule has 0 amide bonds. The van der Waals surface area contributed by atoms with Crippen LogP contribution in [0.3, 0.4) is 0 Å². The van der Waals surface area contributed by atoms with Crippen molar-refractivity contribution in [3.63, 3.8) is 0 Å². The zero-order valence-corrected chi connectivity index (χ0v) is 8.35. The fourth-order valence-electron chi connectivity index (χ4n) is 1.02. The maximum absolute atomic E-state index is 5.30. The van der Waals surface area contributed by atoms with Crippen molar-refractivity contribution in [3.8, 4) is 0 Å². The number of hydrogen-bond donors (Lipinski definition) is 0. The summed E-state index contributed by atoms with van der Waals surface area (Å²) >= 11 is 0. The fraction of sp³-hybridized carbons (Fsp3) is 0.700. The summed E-state index contributed by atoms with van der Waals surface area (Å²) in [5.74, 6) is 0. The first kappa shape index (κ1) is 9.30. The first-order chi connectivity index (χ1) is 5.47. The molecule has 0 saturated heterocycles. The van der Waals surface area contributed by atoms with Gasteiger partial charge in [0.15, 0.2) is 0 Å². The van der Waals surface area contributed by atoms with Gasteiger partial charge < -0.3 is 4.84 Å². The highest BCUT2D eigenvalue weighted by Crippen LogP contribution is 2.16. The molecule has 0 aromatic carbocycles. The summed E-state index contributed by atoms with van der Waals surface area (Å²) in [5, 5.41) is 4.09. The standard InChI is InChI=1S/C10H17NO/c1-8-5-6-9(7-8)11-12-10(2,3)4/h7H,5-6H2,1-4H3/b11-9-. The highest BCUT2D eigenvalue weighted by molar-refractivity contribution is 5.97. The Morgan fingerprint density at radius 2 is 2.00 bits per heavy atom. The van der Waals surface area contributed by atoms with Gasteiger partial charge in [0.25, 0.3) is 0 Å². The smallest absolute Gasteiger partial charge is 0.129 e. The lowest BCUT2D eigenvalue weighted by Gasteiger charge is -2.15. The number of hydrogen-bond acceptors (Lipinski definition) is 2. The third kappa shape index (κ3) is 3.07. The average molecular weight is 167 g/mol. The van der Waals surface area contributed by atoms with Gasteiger partial charge in [-0.3, -0.25) is 0 Å². The Labute approximate surface area is 74.3 Å². The zero-order chi connectivity index (χ0) is 9.19. The van der Waals surface area contributed by atoms with Gasteiger partial charge in [-0.2, -0.15) is 0 Å². The van der Waals surface area contributed by atoms with Crippen molar-refractivity contribution in [3.05, 3.63) is 11.6 Å². The first-order valence-electron chi connectivity index (χ1n) is 4.39. The van der Waals surface area contributed by atoms with Crippen molar-refractivity contribution in [2.75, 3.05) is 0 Å². The monoisotopic (exact) mass is 167 g/mol. The van der Waals surface area contributed by atoms with E-state index in [4.69, 9.17) is 4.84 Å². The molecule has 0 aromatic heterocycles. The number of rotatable bonds is 1. The number of oxime groups is 1. The Kier molecular flexibility index (Phi) is 2.55. The van der Waals surface area contributed by atoms with E-state index in [1.165, 1.54) is 5.57 Å². The van der Waals surface area contributed by atoms with E-state index in [1.54, 1.807) is 0 Å². The Bertz CT molecular complexity index is 220. The quantitative estimate of drug-likeness (QED) is 0.550. The van der Waals surface area contributed by atoms with E-state index >= 15 is 0 Å². The molecule has 1 rings (SSSR count). The minimum atomic E-state index is -0.169. The summed E-state index contributed by atoms with van der Waals surface area (Å²) in [6, 6.07) is 0. The minimum absolute atomic E-state index is 0.169. The molecule has 0 aliphatic heterocycles. The predicted octanol–water partition coefficient (Wildman–Crippen LogP) is 2.90. The maximum Gasteiger partial charge on any atom is 0.129 e. The van der Waals surface area contributed by atoms with Crippen LogP contribution in [0.15, 0.2) is 16.8 Å². The van der Waals surface area contributed by atoms with Gasteiger partial charge in [0.1, 0.15) is 5.60 Å². The summed E-state index contributed by atoms with van der Waals surface area (Å²) in [7, 11) is 0. The molecule has 0 radical (unpaired) electrons. The molecule has 0 heterocycles. The van der Waals surface area contributed by atoms with Crippen LogP contribution in [0.4, 0.5) is 0 Å². The SMILES string of the molecule is CC1=C/C(=N\OC(C)(C)C)CC1. The second-order valence-corrected chi connectivity index (χ2v) is 4.28. The Hall–Kier alpha value is -0.790. The van der Waals surface area contributed by atoms with Crippen LogP contribution in [0.5, 0.6) is 0 Å². The second kappa shape index (κ2) is 3.30. The first-order valence-corrected chi connectivity index (χ1v) is 4.39. The van der Waals surface area contributed by atoms with Gasteiger partial charge in [0, 0.05) is 0 Å². The van der Waals surface area contributed by atoms with Crippen molar-refractivity contribution in [2.24, 2.45) is 5.16 Å². The summed E-state index contributed by atoms with van der Waals surface area (Å²) < 4.78 is 0. The zero-order valence-electron chi connectivity index (χ0n) is 8.35. The molecular weight excluding hydrogens is 150 g/mol. The third-order valence-corrected chi connectivity index (χ3v) is 1.63. The largest absolute Gasteiger partial charge is 0.390 e. The number of allylic oxidation sites excluding steroid dienone is 2. The summed E-state index contributed by atoms with van der Waals surface area (Å²) in [6.45, 7) is 8.13. The highest BCUT2D eigenvalue weighted by Gasteiger charge is 2.12. The lowest BCUT2D eigenvalue weighted by molar-refractivity contribution is 0.000856. The highest BCUT2D eigenvalue weighted by atomic mass is 16.6. The molecule has 12 heavy (non-hydrogen) atoms. The van der Waals surface area contributed by atoms with E-state index in [1.807, 2.05) is 20.8 Å². The molecule has 1 aliphatic rings. The molecule has 0 N–H and O–H groups in total. The molecule has 0 unspecified atom stereocenters. The van der Waals surface area contributed by atoms with E-state index in [-0.39, 0.29) is 5.60 Å². The molecular formula is C10H17NO. The topological polar surface area (TPSA) is 21.6 Å². The summed E-state index contributed by atoms with van der Waals surface area (Å²) in [4.78, 5) is 5.30. The van der Waals surface area contributed by atoms with Gasteiger partial charge >= 0.3 is 0 Å². The van der Waals surface area contributed by atoms with Gasteiger partial charge in [-0.1, -0.05) is 10.7 Å². The molecule has 2 nitrogen and oxygen atoms in total. The number of nitrogens with zero attached hydrogens (tertiary/aromatic N) is 1. The molecule has 0 spiro atoms. The fourth-order valence-corrected chi connectivity index (χ4v) is 1.02. The average Bonchev–Trinajstić information content (AvgIpc) is 2.30. The van der Waals surface area contributed by atoms with E-state index in [0.29, 0.717) is 0 Å². The van der Waals surface area contributed by atoms with Crippen LogP contribution in [0.25, 0.3) is 0 Å². The van der Waals surface area contributed by atoms with Crippen LogP contribution >= 0.6 is 0 Å². The second-order valence-electron chi connectivity index (χ2n) is 4.28. The Morgan fingerprint density at radius 3 is 2.42 bits per heavy atom. The van der Waals surface area contributed by atoms with Gasteiger partial charge in [-0.25, -0.2) is 0 Å². The molecule has 0 aromatic rings. The lowest BCUT2D eigenvalue weighted by Crippen LogP contribution is -2.16. The van der Waals surface area contributed by atoms with E-state index in [9.17, 15) is 0 Å². The third-order valence-electron chi connectivity index (χ3n) is 1.63. The molecule has 0 fully saturated rings. The van der Waals surface area contributed by atoms with Crippen LogP contribution < -0.4 is 0 Å². The van der Waals surface area contributed by atoms with E-state index < -0.39 is 0 Å². The van der Waals surface area contributed by atoms with Gasteiger partial charge in [0.05, 0.1) is 5.71 Å². The van der Waals surface area contributed by atoms with Crippen molar-refractivity contribution in [1.82, 2.24) is 0 Å². The van der Waals surface area contributed by atoms with Gasteiger partial charge in [0.2, 0.25) is 0 Å². The Balaban J connectivity index is 2.49. The van der Waals surface area contributed by atoms with Crippen LogP contribution in [0.2, 0.25) is 0 Å². The van der Waals surface area contributed by atoms with E-state index in [2.05, 4.69) is 18.2 Å². The molecule has 1 aliphatic carbocycles. The van der Waals surface area contributed by atoms with Gasteiger partial charge in [-0.15, -0.1) is 0 Å². The van der Waals surface area contributed by atoms with Crippen LogP contribution in [0, 0.1) is 0 Å². The molecule has 68 valence electrons. The van der Waals surface area contributed by atoms with Gasteiger partial charge in [-0.05, 0) is 46.6 Å². The molecule has 2 heteroatoms. The predicted molar refractivity (Wildman–Crippen MR) is 51.3 cm³/mol. The Morgan fingerprint density at radius 1 is 1.33 bits per heavy atom. The summed E-state index contributed by atoms with van der Waals surface area (Å²) in [5.41, 5.74) is 2.30. The normalized spacial score (nSPS) is 21.3. The van der Waals surface area contributed by atoms with Crippen LogP contribution in [0.1, 0.15) is 40.5 Å².